The molecule has 1 saturated heterocycles. The van der Waals surface area contributed by atoms with Gasteiger partial charge in [-0.2, -0.15) is 8.78 Å². The molecular weight excluding hydrogens is 603 g/mol. The van der Waals surface area contributed by atoms with Crippen LogP contribution in [0.1, 0.15) is 41.5 Å². The van der Waals surface area contributed by atoms with Gasteiger partial charge < -0.3 is 18.7 Å². The Hall–Kier alpha value is -2.99. The van der Waals surface area contributed by atoms with E-state index in [4.69, 9.17) is 13.6 Å². The van der Waals surface area contributed by atoms with Crippen molar-refractivity contribution in [2.24, 2.45) is 0 Å². The van der Waals surface area contributed by atoms with Crippen LogP contribution in [-0.2, 0) is 13.6 Å². The van der Waals surface area contributed by atoms with Crippen LogP contribution in [0.25, 0.3) is 0 Å². The molecule has 238 valence electrons. The Morgan fingerprint density at radius 2 is 0.956 bits per heavy atom. The lowest BCUT2D eigenvalue weighted by Gasteiger charge is -2.46. The summed E-state index contributed by atoms with van der Waals surface area (Å²) < 4.78 is 52.0. The monoisotopic (exact) mass is 646 g/mol. The molecule has 1 aliphatic rings. The zero-order valence-electron chi connectivity index (χ0n) is 26.9. The summed E-state index contributed by atoms with van der Waals surface area (Å²) >= 11 is 0. The minimum atomic E-state index is -3.67. The first-order valence-electron chi connectivity index (χ1n) is 15.5. The maximum absolute atomic E-state index is 16.2. The molecule has 0 amide bonds. The van der Waals surface area contributed by atoms with Gasteiger partial charge in [-0.1, -0.05) is 163 Å². The maximum atomic E-state index is 16.2. The van der Waals surface area contributed by atoms with Crippen LogP contribution < -0.4 is 20.7 Å². The third kappa shape index (κ3) is 6.00. The van der Waals surface area contributed by atoms with Gasteiger partial charge in [0.05, 0.1) is 6.61 Å². The molecule has 45 heavy (non-hydrogen) atoms. The highest BCUT2D eigenvalue weighted by Crippen LogP contribution is 2.45. The first-order chi connectivity index (χ1) is 21.2. The molecule has 1 aliphatic heterocycles. The molecule has 0 bridgehead atoms. The minimum absolute atomic E-state index is 0.178. The van der Waals surface area contributed by atoms with Crippen molar-refractivity contribution < 1.29 is 27.5 Å². The average molecular weight is 647 g/mol. The molecule has 1 heterocycles. The number of hydrogen-bond acceptors (Lipinski definition) is 4. The fourth-order valence-electron chi connectivity index (χ4n) is 6.85. The van der Waals surface area contributed by atoms with Gasteiger partial charge in [0.2, 0.25) is 6.29 Å². The number of ether oxygens (including phenoxy) is 1. The van der Waals surface area contributed by atoms with E-state index in [2.05, 4.69) is 45.0 Å². The third-order valence-electron chi connectivity index (χ3n) is 8.95. The summed E-state index contributed by atoms with van der Waals surface area (Å²) in [4.78, 5) is 0. The van der Waals surface area contributed by atoms with Crippen LogP contribution in [0.2, 0.25) is 10.1 Å². The topological polar surface area (TPSA) is 47.9 Å². The summed E-state index contributed by atoms with van der Waals surface area (Å²) in [5.41, 5.74) is 0. The van der Waals surface area contributed by atoms with E-state index in [1.165, 1.54) is 0 Å². The highest BCUT2D eigenvalue weighted by molar-refractivity contribution is 7.00. The van der Waals surface area contributed by atoms with Crippen LogP contribution in [0.15, 0.2) is 121 Å². The van der Waals surface area contributed by atoms with Gasteiger partial charge in [-0.05, 0) is 30.8 Å². The van der Waals surface area contributed by atoms with Gasteiger partial charge in [0.25, 0.3) is 16.6 Å². The summed E-state index contributed by atoms with van der Waals surface area (Å²) in [6.07, 6.45) is -5.30. The first-order valence-corrected chi connectivity index (χ1v) is 19.3. The third-order valence-corrected chi connectivity index (χ3v) is 19.0. The Labute approximate surface area is 268 Å². The average Bonchev–Trinajstić information content (AvgIpc) is 3.23. The van der Waals surface area contributed by atoms with Crippen molar-refractivity contribution >= 4 is 37.4 Å². The highest BCUT2D eigenvalue weighted by Gasteiger charge is 2.64. The second-order valence-corrected chi connectivity index (χ2v) is 22.4. The fraction of sp³-hybridized carbons (Fsp3) is 0.351. The summed E-state index contributed by atoms with van der Waals surface area (Å²) in [5, 5.41) is 13.5. The molecule has 0 radical (unpaired) electrons. The lowest BCUT2D eigenvalue weighted by Crippen LogP contribution is -2.70. The number of benzene rings is 4. The van der Waals surface area contributed by atoms with Crippen molar-refractivity contribution in [2.75, 3.05) is 6.61 Å². The highest BCUT2D eigenvalue weighted by atomic mass is 28.4. The molecule has 1 N–H and O–H groups in total. The van der Waals surface area contributed by atoms with Gasteiger partial charge in [0.1, 0.15) is 12.2 Å². The van der Waals surface area contributed by atoms with Crippen LogP contribution in [0.3, 0.4) is 0 Å². The predicted octanol–water partition coefficient (Wildman–Crippen LogP) is 5.86. The lowest BCUT2D eigenvalue weighted by molar-refractivity contribution is -0.197. The number of hydrogen-bond donors (Lipinski definition) is 1. The summed E-state index contributed by atoms with van der Waals surface area (Å²) in [5.74, 6) is -3.67. The molecule has 1 fully saturated rings. The molecule has 0 spiro atoms. The lowest BCUT2D eigenvalue weighted by atomic mass is 10.1. The Morgan fingerprint density at radius 1 is 0.622 bits per heavy atom. The standard InChI is InChI=1S/C37H44F2O4Si2/c1-35(2,3)44(28-19-11-7-12-20-28,29-21-13-8-14-22-29)41-27-32-33(37(38,39)34(40)42-32)43-45(36(4,5)6,30-23-15-9-16-24-30)31-25-17-10-18-26-31/h7-26,32-34,40H,27H2,1-6H3/t32-,33-,34?/m1/s1. The number of aliphatic hydroxyl groups excluding tert-OH is 1. The second kappa shape index (κ2) is 12.7. The Kier molecular flexibility index (Phi) is 9.39. The smallest absolute Gasteiger partial charge is 0.324 e. The Bertz CT molecular complexity index is 1450. The number of aliphatic hydroxyl groups is 1. The van der Waals surface area contributed by atoms with Gasteiger partial charge in [-0.25, -0.2) is 0 Å². The molecule has 4 aromatic carbocycles. The quantitative estimate of drug-likeness (QED) is 0.232. The van der Waals surface area contributed by atoms with E-state index in [1.807, 2.05) is 118 Å². The zero-order chi connectivity index (χ0) is 32.5. The van der Waals surface area contributed by atoms with E-state index in [0.717, 1.165) is 20.7 Å². The van der Waals surface area contributed by atoms with Crippen molar-refractivity contribution in [3.8, 4) is 0 Å². The first kappa shape index (κ1) is 33.4. The molecule has 3 atom stereocenters. The zero-order valence-corrected chi connectivity index (χ0v) is 28.9. The molecule has 0 aliphatic carbocycles. The summed E-state index contributed by atoms with van der Waals surface area (Å²) in [6, 6.07) is 39.4. The van der Waals surface area contributed by atoms with Gasteiger partial charge in [0.15, 0.2) is 0 Å². The maximum Gasteiger partial charge on any atom is 0.324 e. The van der Waals surface area contributed by atoms with E-state index in [9.17, 15) is 5.11 Å². The molecule has 8 heteroatoms. The SMILES string of the molecule is CC(C)(C)[Si](OC[C@H]1OC(O)C(F)(F)[C@@H]1O[Si](c1ccccc1)(c1ccccc1)C(C)(C)C)(c1ccccc1)c1ccccc1. The molecular formula is C37H44F2O4Si2. The van der Waals surface area contributed by atoms with Crippen molar-refractivity contribution in [1.82, 2.24) is 0 Å². The molecule has 5 rings (SSSR count). The van der Waals surface area contributed by atoms with Gasteiger partial charge >= 0.3 is 5.92 Å². The molecule has 4 aromatic rings. The van der Waals surface area contributed by atoms with E-state index < -0.39 is 46.1 Å². The van der Waals surface area contributed by atoms with Crippen molar-refractivity contribution in [2.45, 2.75) is 76.0 Å². The Morgan fingerprint density at radius 3 is 1.29 bits per heavy atom. The van der Waals surface area contributed by atoms with Crippen LogP contribution in [-0.4, -0.2) is 52.8 Å². The van der Waals surface area contributed by atoms with E-state index >= 15 is 8.78 Å². The van der Waals surface area contributed by atoms with Crippen molar-refractivity contribution in [3.63, 3.8) is 0 Å². The van der Waals surface area contributed by atoms with Crippen molar-refractivity contribution in [1.29, 1.82) is 0 Å². The van der Waals surface area contributed by atoms with Crippen LogP contribution in [0, 0.1) is 0 Å². The molecule has 4 nitrogen and oxygen atoms in total. The fourth-order valence-corrected chi connectivity index (χ4v) is 16.1. The van der Waals surface area contributed by atoms with Gasteiger partial charge in [0, 0.05) is 0 Å². The summed E-state index contributed by atoms with van der Waals surface area (Å²) in [7, 11) is -6.52. The number of alkyl halides is 2. The largest absolute Gasteiger partial charge is 0.405 e. The Balaban J connectivity index is 1.62. The summed E-state index contributed by atoms with van der Waals surface area (Å²) in [6.45, 7) is 12.3. The normalized spacial score (nSPS) is 20.7. The van der Waals surface area contributed by atoms with Gasteiger partial charge in [-0.3, -0.25) is 0 Å². The second-order valence-electron chi connectivity index (χ2n) is 13.9. The van der Waals surface area contributed by atoms with Crippen molar-refractivity contribution in [3.05, 3.63) is 121 Å². The van der Waals surface area contributed by atoms with E-state index in [-0.39, 0.29) is 11.6 Å². The van der Waals surface area contributed by atoms with Crippen LogP contribution in [0.4, 0.5) is 8.78 Å². The predicted molar refractivity (Wildman–Crippen MR) is 182 cm³/mol. The molecule has 0 saturated carbocycles. The molecule has 0 aromatic heterocycles. The number of rotatable bonds is 9. The van der Waals surface area contributed by atoms with Crippen LogP contribution in [0.5, 0.6) is 0 Å². The number of halogens is 2. The van der Waals surface area contributed by atoms with Crippen LogP contribution >= 0.6 is 0 Å². The van der Waals surface area contributed by atoms with E-state index in [1.54, 1.807) is 0 Å². The molecule has 1 unspecified atom stereocenters. The van der Waals surface area contributed by atoms with E-state index in [0.29, 0.717) is 0 Å². The van der Waals surface area contributed by atoms with Gasteiger partial charge in [-0.15, -0.1) is 0 Å². The minimum Gasteiger partial charge on any atom is -0.405 e.